The minimum atomic E-state index is 1.19. The fraction of sp³-hybridized carbons (Fsp3) is 0.588. The summed E-state index contributed by atoms with van der Waals surface area (Å²) in [7, 11) is 0. The van der Waals surface area contributed by atoms with Crippen LogP contribution in [0.2, 0.25) is 0 Å². The Kier molecular flexibility index (Phi) is 16.3. The Morgan fingerprint density at radius 3 is 1.47 bits per heavy atom. The monoisotopic (exact) mass is 460 g/mol. The molecule has 0 radical (unpaired) electrons. The minimum Gasteiger partial charge on any atom is -0.0807 e. The van der Waals surface area contributed by atoms with Crippen LogP contribution in [-0.4, -0.2) is 0 Å². The molecule has 2 aromatic rings. The van der Waals surface area contributed by atoms with Gasteiger partial charge in [-0.3, -0.25) is 0 Å². The molecule has 188 valence electrons. The summed E-state index contributed by atoms with van der Waals surface area (Å²) in [5, 5.41) is 0. The van der Waals surface area contributed by atoms with Gasteiger partial charge in [-0.15, -0.1) is 0 Å². The second kappa shape index (κ2) is 19.5. The number of allylic oxidation sites excluding steroid dienone is 2. The van der Waals surface area contributed by atoms with E-state index >= 15 is 0 Å². The molecule has 0 aliphatic carbocycles. The quantitative estimate of drug-likeness (QED) is 0.172. The molecule has 0 aliphatic rings. The van der Waals surface area contributed by atoms with Gasteiger partial charge < -0.3 is 0 Å². The molecule has 0 N–H and O–H groups in total. The van der Waals surface area contributed by atoms with Crippen molar-refractivity contribution in [1.29, 1.82) is 0 Å². The molecule has 0 heterocycles. The van der Waals surface area contributed by atoms with Crippen LogP contribution in [-0.2, 0) is 0 Å². The first-order chi connectivity index (χ1) is 16.8. The van der Waals surface area contributed by atoms with Crippen molar-refractivity contribution >= 4 is 5.57 Å². The highest BCUT2D eigenvalue weighted by Crippen LogP contribution is 2.26. The van der Waals surface area contributed by atoms with Gasteiger partial charge in [0, 0.05) is 0 Å². The van der Waals surface area contributed by atoms with Crippen LogP contribution in [0.25, 0.3) is 16.7 Å². The number of unbranched alkanes of at least 4 members (excludes halogenated alkanes) is 15. The summed E-state index contributed by atoms with van der Waals surface area (Å²) in [6.45, 7) is 4.58. The molecule has 0 saturated carbocycles. The van der Waals surface area contributed by atoms with Gasteiger partial charge in [0.15, 0.2) is 0 Å². The standard InChI is InChI=1S/C34H52/c1-3-5-7-8-9-10-11-12-13-14-15-16-17-18-20-24-31(23-6-4-2)33-27-29-34(30-28-33)32-25-21-19-22-26-32/h19,21-23,25-30H,3-18,20,24H2,1-2H3. The Labute approximate surface area is 212 Å². The molecule has 0 aromatic heterocycles. The highest BCUT2D eigenvalue weighted by Gasteiger charge is 2.04. The lowest BCUT2D eigenvalue weighted by Gasteiger charge is -2.10. The largest absolute Gasteiger partial charge is 0.0807 e. The Morgan fingerprint density at radius 1 is 0.500 bits per heavy atom. The van der Waals surface area contributed by atoms with E-state index in [0.717, 1.165) is 0 Å². The van der Waals surface area contributed by atoms with E-state index in [1.165, 1.54) is 132 Å². The molecule has 0 atom stereocenters. The predicted octanol–water partition coefficient (Wildman–Crippen LogP) is 11.8. The van der Waals surface area contributed by atoms with Gasteiger partial charge in [0.2, 0.25) is 0 Å². The van der Waals surface area contributed by atoms with Crippen LogP contribution in [0, 0.1) is 0 Å². The van der Waals surface area contributed by atoms with E-state index in [0.29, 0.717) is 0 Å². The van der Waals surface area contributed by atoms with Crippen molar-refractivity contribution in [3.05, 3.63) is 66.2 Å². The zero-order valence-electron chi connectivity index (χ0n) is 22.5. The Morgan fingerprint density at radius 2 is 0.971 bits per heavy atom. The van der Waals surface area contributed by atoms with Gasteiger partial charge in [0.1, 0.15) is 0 Å². The van der Waals surface area contributed by atoms with Crippen LogP contribution in [0.5, 0.6) is 0 Å². The highest BCUT2D eigenvalue weighted by molar-refractivity contribution is 5.70. The molecule has 34 heavy (non-hydrogen) atoms. The van der Waals surface area contributed by atoms with Crippen LogP contribution < -0.4 is 0 Å². The summed E-state index contributed by atoms with van der Waals surface area (Å²) in [5.41, 5.74) is 5.58. The summed E-state index contributed by atoms with van der Waals surface area (Å²) in [4.78, 5) is 0. The van der Waals surface area contributed by atoms with Crippen molar-refractivity contribution in [3.8, 4) is 11.1 Å². The smallest absolute Gasteiger partial charge is 0.0184 e. The summed E-state index contributed by atoms with van der Waals surface area (Å²) in [6, 6.07) is 19.9. The van der Waals surface area contributed by atoms with E-state index in [1.54, 1.807) is 5.57 Å². The Bertz CT molecular complexity index is 737. The molecule has 0 bridgehead atoms. The van der Waals surface area contributed by atoms with Gasteiger partial charge in [-0.2, -0.15) is 0 Å². The number of benzene rings is 2. The summed E-state index contributed by atoms with van der Waals surface area (Å²) >= 11 is 0. The first-order valence-corrected chi connectivity index (χ1v) is 14.7. The third-order valence-electron chi connectivity index (χ3n) is 7.09. The molecular formula is C34H52. The maximum atomic E-state index is 2.49. The number of rotatable bonds is 20. The van der Waals surface area contributed by atoms with E-state index < -0.39 is 0 Å². The molecule has 0 amide bonds. The molecule has 2 rings (SSSR count). The van der Waals surface area contributed by atoms with Crippen molar-refractivity contribution in [2.75, 3.05) is 0 Å². The van der Waals surface area contributed by atoms with Crippen molar-refractivity contribution in [2.24, 2.45) is 0 Å². The van der Waals surface area contributed by atoms with E-state index in [9.17, 15) is 0 Å². The minimum absolute atomic E-state index is 1.19. The lowest BCUT2D eigenvalue weighted by molar-refractivity contribution is 0.533. The van der Waals surface area contributed by atoms with Crippen molar-refractivity contribution in [1.82, 2.24) is 0 Å². The molecule has 0 spiro atoms. The van der Waals surface area contributed by atoms with Crippen LogP contribution >= 0.6 is 0 Å². The molecule has 0 unspecified atom stereocenters. The summed E-state index contributed by atoms with van der Waals surface area (Å²) < 4.78 is 0. The molecule has 0 saturated heterocycles. The zero-order valence-corrected chi connectivity index (χ0v) is 22.5. The SMILES string of the molecule is CCCC=C(CCCCCCCCCCCCCCCCC)c1ccc(-c2ccccc2)cc1. The second-order valence-corrected chi connectivity index (χ2v) is 10.2. The highest BCUT2D eigenvalue weighted by atomic mass is 14.1. The van der Waals surface area contributed by atoms with Gasteiger partial charge in [-0.25, -0.2) is 0 Å². The summed E-state index contributed by atoms with van der Waals surface area (Å²) in [6.07, 6.45) is 27.6. The molecule has 0 aliphatic heterocycles. The predicted molar refractivity (Wildman–Crippen MR) is 154 cm³/mol. The van der Waals surface area contributed by atoms with Gasteiger partial charge in [0.05, 0.1) is 0 Å². The van der Waals surface area contributed by atoms with E-state index in [4.69, 9.17) is 0 Å². The van der Waals surface area contributed by atoms with Crippen molar-refractivity contribution in [2.45, 2.75) is 129 Å². The molecule has 0 fully saturated rings. The lowest BCUT2D eigenvalue weighted by atomic mass is 9.95. The van der Waals surface area contributed by atoms with Crippen LogP contribution in [0.3, 0.4) is 0 Å². The second-order valence-electron chi connectivity index (χ2n) is 10.2. The van der Waals surface area contributed by atoms with E-state index in [1.807, 2.05) is 0 Å². The van der Waals surface area contributed by atoms with Gasteiger partial charge in [-0.05, 0) is 41.5 Å². The number of hydrogen-bond acceptors (Lipinski definition) is 0. The maximum Gasteiger partial charge on any atom is -0.0184 e. The average Bonchev–Trinajstić information content (AvgIpc) is 2.89. The fourth-order valence-corrected chi connectivity index (χ4v) is 4.88. The number of hydrogen-bond donors (Lipinski definition) is 0. The normalized spacial score (nSPS) is 11.8. The van der Waals surface area contributed by atoms with E-state index in [2.05, 4.69) is 74.5 Å². The third kappa shape index (κ3) is 12.6. The van der Waals surface area contributed by atoms with Crippen molar-refractivity contribution in [3.63, 3.8) is 0 Å². The van der Waals surface area contributed by atoms with Crippen LogP contribution in [0.4, 0.5) is 0 Å². The van der Waals surface area contributed by atoms with Crippen molar-refractivity contribution < 1.29 is 0 Å². The topological polar surface area (TPSA) is 0 Å². The average molecular weight is 461 g/mol. The van der Waals surface area contributed by atoms with Gasteiger partial charge >= 0.3 is 0 Å². The maximum absolute atomic E-state index is 2.49. The zero-order chi connectivity index (χ0) is 24.1. The fourth-order valence-electron chi connectivity index (χ4n) is 4.88. The third-order valence-corrected chi connectivity index (χ3v) is 7.09. The van der Waals surface area contributed by atoms with Gasteiger partial charge in [0.25, 0.3) is 0 Å². The molecular weight excluding hydrogens is 408 g/mol. The van der Waals surface area contributed by atoms with Crippen LogP contribution in [0.15, 0.2) is 60.7 Å². The van der Waals surface area contributed by atoms with E-state index in [-0.39, 0.29) is 0 Å². The molecule has 0 heteroatoms. The Balaban J connectivity index is 1.57. The first kappa shape index (κ1) is 28.4. The lowest BCUT2D eigenvalue weighted by Crippen LogP contribution is -1.88. The molecule has 0 nitrogen and oxygen atoms in total. The van der Waals surface area contributed by atoms with Gasteiger partial charge in [-0.1, -0.05) is 171 Å². The summed E-state index contributed by atoms with van der Waals surface area (Å²) in [5.74, 6) is 0. The Hall–Kier alpha value is -1.82. The first-order valence-electron chi connectivity index (χ1n) is 14.7. The molecule has 2 aromatic carbocycles. The van der Waals surface area contributed by atoms with Crippen LogP contribution in [0.1, 0.15) is 135 Å².